The molecule has 0 saturated carbocycles. The van der Waals surface area contributed by atoms with Gasteiger partial charge in [-0.25, -0.2) is 4.79 Å². The number of carbonyl (C=O) groups is 1. The number of benzene rings is 1. The van der Waals surface area contributed by atoms with Crippen LogP contribution < -0.4 is 0 Å². The molecule has 2 N–H and O–H groups in total. The maximum absolute atomic E-state index is 10.6. The molecule has 0 radical (unpaired) electrons. The van der Waals surface area contributed by atoms with E-state index in [2.05, 4.69) is 0 Å². The quantitative estimate of drug-likeness (QED) is 0.794. The van der Waals surface area contributed by atoms with Crippen molar-refractivity contribution in [1.29, 1.82) is 0 Å². The van der Waals surface area contributed by atoms with Crippen molar-refractivity contribution in [2.45, 2.75) is 32.8 Å². The molecule has 3 nitrogen and oxygen atoms in total. The smallest absolute Gasteiger partial charge is 0.337 e. The number of carboxylic acid groups (broad SMARTS) is 1. The summed E-state index contributed by atoms with van der Waals surface area (Å²) >= 11 is 0. The van der Waals surface area contributed by atoms with Crippen LogP contribution in [0.5, 0.6) is 0 Å². The maximum Gasteiger partial charge on any atom is 0.337 e. The van der Waals surface area contributed by atoms with Crippen LogP contribution in [-0.4, -0.2) is 16.2 Å². The van der Waals surface area contributed by atoms with E-state index in [0.717, 1.165) is 24.0 Å². The highest BCUT2D eigenvalue weighted by molar-refractivity contribution is 5.74. The summed E-state index contributed by atoms with van der Waals surface area (Å²) in [5, 5.41) is 18.2. The van der Waals surface area contributed by atoms with Crippen LogP contribution in [0.25, 0.3) is 0 Å². The molecule has 0 aliphatic heterocycles. The van der Waals surface area contributed by atoms with Gasteiger partial charge in [-0.2, -0.15) is 0 Å². The lowest BCUT2D eigenvalue weighted by Crippen LogP contribution is -2.11. The zero-order valence-corrected chi connectivity index (χ0v) is 9.03. The Balaban J connectivity index is 3.11. The van der Waals surface area contributed by atoms with Gasteiger partial charge >= 0.3 is 5.97 Å². The number of carboxylic acids is 1. The van der Waals surface area contributed by atoms with Crippen LogP contribution >= 0.6 is 0 Å². The van der Waals surface area contributed by atoms with Crippen LogP contribution in [0.3, 0.4) is 0 Å². The Morgan fingerprint density at radius 1 is 1.20 bits per heavy atom. The summed E-state index contributed by atoms with van der Waals surface area (Å²) < 4.78 is 0. The van der Waals surface area contributed by atoms with Crippen molar-refractivity contribution in [3.63, 3.8) is 0 Å². The highest BCUT2D eigenvalue weighted by atomic mass is 16.4. The molecular weight excluding hydrogens is 192 g/mol. The van der Waals surface area contributed by atoms with Crippen LogP contribution in [0.15, 0.2) is 18.2 Å². The molecule has 0 aliphatic rings. The van der Waals surface area contributed by atoms with Crippen LogP contribution in [0.4, 0.5) is 0 Å². The van der Waals surface area contributed by atoms with Crippen molar-refractivity contribution in [3.8, 4) is 0 Å². The molecule has 0 bridgehead atoms. The molecule has 1 aromatic rings. The third-order valence-corrected chi connectivity index (χ3v) is 2.44. The lowest BCUT2D eigenvalue weighted by atomic mass is 9.99. The number of rotatable bonds is 4. The Morgan fingerprint density at radius 2 is 1.67 bits per heavy atom. The predicted octanol–water partition coefficient (Wildman–Crippen LogP) is 1.93. The molecule has 1 atom stereocenters. The molecule has 0 saturated heterocycles. The molecule has 1 aromatic carbocycles. The first kappa shape index (κ1) is 11.7. The van der Waals surface area contributed by atoms with Gasteiger partial charge in [-0.05, 0) is 29.5 Å². The zero-order chi connectivity index (χ0) is 11.4. The van der Waals surface area contributed by atoms with Gasteiger partial charge in [0.15, 0.2) is 6.10 Å². The number of aliphatic carboxylic acids is 1. The van der Waals surface area contributed by atoms with E-state index in [1.807, 2.05) is 19.9 Å². The van der Waals surface area contributed by atoms with Crippen LogP contribution in [0.2, 0.25) is 0 Å². The summed E-state index contributed by atoms with van der Waals surface area (Å²) in [6.45, 7) is 4.01. The van der Waals surface area contributed by atoms with Gasteiger partial charge in [0, 0.05) is 0 Å². The molecular formula is C12H16O3. The topological polar surface area (TPSA) is 57.5 Å². The summed E-state index contributed by atoms with van der Waals surface area (Å²) in [6, 6.07) is 5.54. The Bertz CT molecular complexity index is 336. The van der Waals surface area contributed by atoms with Crippen molar-refractivity contribution in [3.05, 3.63) is 34.9 Å². The summed E-state index contributed by atoms with van der Waals surface area (Å²) in [7, 11) is 0. The van der Waals surface area contributed by atoms with Crippen molar-refractivity contribution in [2.24, 2.45) is 0 Å². The van der Waals surface area contributed by atoms with Gasteiger partial charge in [0.05, 0.1) is 0 Å². The Morgan fingerprint density at radius 3 is 2.00 bits per heavy atom. The second-order valence-corrected chi connectivity index (χ2v) is 3.53. The lowest BCUT2D eigenvalue weighted by molar-refractivity contribution is -0.146. The Kier molecular flexibility index (Phi) is 3.86. The number of aliphatic hydroxyl groups is 1. The summed E-state index contributed by atoms with van der Waals surface area (Å²) in [5.74, 6) is -1.20. The zero-order valence-electron chi connectivity index (χ0n) is 9.03. The van der Waals surface area contributed by atoms with Gasteiger partial charge in [-0.3, -0.25) is 0 Å². The largest absolute Gasteiger partial charge is 0.479 e. The minimum atomic E-state index is -1.42. The Labute approximate surface area is 89.4 Å². The number of hydrogen-bond acceptors (Lipinski definition) is 2. The molecule has 0 fully saturated rings. The fourth-order valence-electron chi connectivity index (χ4n) is 1.50. The van der Waals surface area contributed by atoms with Crippen molar-refractivity contribution in [1.82, 2.24) is 0 Å². The van der Waals surface area contributed by atoms with Gasteiger partial charge in [-0.15, -0.1) is 0 Å². The van der Waals surface area contributed by atoms with E-state index < -0.39 is 12.1 Å². The molecule has 0 spiro atoms. The molecule has 82 valence electrons. The average molecular weight is 208 g/mol. The highest BCUT2D eigenvalue weighted by Gasteiger charge is 2.16. The predicted molar refractivity (Wildman–Crippen MR) is 57.8 cm³/mol. The third kappa shape index (κ3) is 2.80. The van der Waals surface area contributed by atoms with Gasteiger partial charge in [0.1, 0.15) is 0 Å². The van der Waals surface area contributed by atoms with Crippen LogP contribution in [0.1, 0.15) is 36.6 Å². The molecule has 0 heterocycles. The minimum Gasteiger partial charge on any atom is -0.479 e. The fourth-order valence-corrected chi connectivity index (χ4v) is 1.50. The number of hydrogen-bond donors (Lipinski definition) is 2. The first-order valence-electron chi connectivity index (χ1n) is 5.12. The molecule has 3 heteroatoms. The standard InChI is InChI=1S/C12H16O3/c1-3-8-5-9(4-2)7-10(6-8)11(13)12(14)15/h5-7,11,13H,3-4H2,1-2H3,(H,14,15). The van der Waals surface area contributed by atoms with E-state index in [1.54, 1.807) is 12.1 Å². The first-order valence-corrected chi connectivity index (χ1v) is 5.12. The van der Waals surface area contributed by atoms with E-state index in [-0.39, 0.29) is 0 Å². The minimum absolute atomic E-state index is 0.471. The van der Waals surface area contributed by atoms with Gasteiger partial charge < -0.3 is 10.2 Å². The van der Waals surface area contributed by atoms with E-state index in [9.17, 15) is 9.90 Å². The normalized spacial score (nSPS) is 12.5. The van der Waals surface area contributed by atoms with E-state index in [0.29, 0.717) is 5.56 Å². The molecule has 15 heavy (non-hydrogen) atoms. The van der Waals surface area contributed by atoms with Gasteiger partial charge in [0.25, 0.3) is 0 Å². The van der Waals surface area contributed by atoms with E-state index in [4.69, 9.17) is 5.11 Å². The maximum atomic E-state index is 10.6. The second kappa shape index (κ2) is 4.94. The van der Waals surface area contributed by atoms with Crippen molar-refractivity contribution < 1.29 is 15.0 Å². The molecule has 0 aromatic heterocycles. The fraction of sp³-hybridized carbons (Fsp3) is 0.417. The third-order valence-electron chi connectivity index (χ3n) is 2.44. The highest BCUT2D eigenvalue weighted by Crippen LogP contribution is 2.18. The van der Waals surface area contributed by atoms with Crippen LogP contribution in [0, 0.1) is 0 Å². The van der Waals surface area contributed by atoms with Crippen molar-refractivity contribution >= 4 is 5.97 Å². The van der Waals surface area contributed by atoms with E-state index in [1.165, 1.54) is 0 Å². The van der Waals surface area contributed by atoms with Crippen LogP contribution in [-0.2, 0) is 17.6 Å². The summed E-state index contributed by atoms with van der Waals surface area (Å²) in [5.41, 5.74) is 2.59. The van der Waals surface area contributed by atoms with E-state index >= 15 is 0 Å². The molecule has 1 unspecified atom stereocenters. The number of aryl methyl sites for hydroxylation is 2. The second-order valence-electron chi connectivity index (χ2n) is 3.53. The lowest BCUT2D eigenvalue weighted by Gasteiger charge is -2.10. The van der Waals surface area contributed by atoms with Gasteiger partial charge in [-0.1, -0.05) is 32.0 Å². The monoisotopic (exact) mass is 208 g/mol. The number of aliphatic hydroxyl groups excluding tert-OH is 1. The molecule has 1 rings (SSSR count). The SMILES string of the molecule is CCc1cc(CC)cc(C(O)C(=O)O)c1. The first-order chi connectivity index (χ1) is 7.08. The van der Waals surface area contributed by atoms with Gasteiger partial charge in [0.2, 0.25) is 0 Å². The summed E-state index contributed by atoms with van der Waals surface area (Å²) in [6.07, 6.45) is 0.266. The van der Waals surface area contributed by atoms with Crippen molar-refractivity contribution in [2.75, 3.05) is 0 Å². The Hall–Kier alpha value is -1.35. The average Bonchev–Trinajstić information content (AvgIpc) is 2.27. The molecule has 0 amide bonds. The summed E-state index contributed by atoms with van der Waals surface area (Å²) in [4.78, 5) is 10.6. The molecule has 0 aliphatic carbocycles.